The molecule has 4 nitrogen and oxygen atoms in total. The van der Waals surface area contributed by atoms with Crippen molar-refractivity contribution in [2.75, 3.05) is 12.4 Å². The van der Waals surface area contributed by atoms with Gasteiger partial charge >= 0.3 is 0 Å². The van der Waals surface area contributed by atoms with Crippen LogP contribution in [0.5, 0.6) is 5.75 Å². The highest BCUT2D eigenvalue weighted by atomic mass is 19.1. The Morgan fingerprint density at radius 3 is 2.60 bits per heavy atom. The number of methoxy groups -OCH3 is 1. The van der Waals surface area contributed by atoms with Gasteiger partial charge in [-0.1, -0.05) is 13.8 Å². The van der Waals surface area contributed by atoms with Crippen molar-refractivity contribution in [1.29, 1.82) is 0 Å². The topological polar surface area (TPSA) is 47.0 Å². The van der Waals surface area contributed by atoms with Crippen LogP contribution in [0.3, 0.4) is 0 Å². The number of aromatic nitrogens is 2. The fourth-order valence-electron chi connectivity index (χ4n) is 1.80. The number of ether oxygens (including phenoxy) is 1. The standard InChI is InChI=1S/C15H18FN3O/c1-9(2)15-17-10(3)7-14(19-15)18-11-5-6-12(16)13(8-11)20-4/h5-9H,1-4H3,(H,17,18,19). The van der Waals surface area contributed by atoms with E-state index in [4.69, 9.17) is 4.74 Å². The molecule has 0 aliphatic heterocycles. The van der Waals surface area contributed by atoms with E-state index in [2.05, 4.69) is 15.3 Å². The highest BCUT2D eigenvalue weighted by Gasteiger charge is 2.08. The van der Waals surface area contributed by atoms with E-state index in [9.17, 15) is 4.39 Å². The van der Waals surface area contributed by atoms with Gasteiger partial charge in [-0.05, 0) is 19.1 Å². The van der Waals surface area contributed by atoms with Crippen LogP contribution >= 0.6 is 0 Å². The van der Waals surface area contributed by atoms with Crippen molar-refractivity contribution in [2.45, 2.75) is 26.7 Å². The van der Waals surface area contributed by atoms with Crippen LogP contribution in [-0.2, 0) is 0 Å². The minimum absolute atomic E-state index is 0.199. The zero-order valence-corrected chi connectivity index (χ0v) is 12.1. The third kappa shape index (κ3) is 3.23. The first-order chi connectivity index (χ1) is 9.49. The van der Waals surface area contributed by atoms with Crippen LogP contribution < -0.4 is 10.1 Å². The van der Waals surface area contributed by atoms with E-state index >= 15 is 0 Å². The van der Waals surface area contributed by atoms with Gasteiger partial charge in [-0.2, -0.15) is 0 Å². The van der Waals surface area contributed by atoms with Crippen LogP contribution in [0.2, 0.25) is 0 Å². The van der Waals surface area contributed by atoms with E-state index in [1.54, 1.807) is 12.1 Å². The maximum atomic E-state index is 13.4. The van der Waals surface area contributed by atoms with Crippen LogP contribution in [0.4, 0.5) is 15.9 Å². The summed E-state index contributed by atoms with van der Waals surface area (Å²) in [6.45, 7) is 6.00. The van der Waals surface area contributed by atoms with Crippen molar-refractivity contribution >= 4 is 11.5 Å². The second-order valence-corrected chi connectivity index (χ2v) is 4.88. The van der Waals surface area contributed by atoms with Crippen molar-refractivity contribution in [3.8, 4) is 5.75 Å². The number of nitrogens with one attached hydrogen (secondary N) is 1. The Kier molecular flexibility index (Phi) is 4.17. The van der Waals surface area contributed by atoms with E-state index < -0.39 is 0 Å². The molecule has 20 heavy (non-hydrogen) atoms. The molecular weight excluding hydrogens is 257 g/mol. The highest BCUT2D eigenvalue weighted by molar-refractivity contribution is 5.58. The van der Waals surface area contributed by atoms with E-state index in [1.165, 1.54) is 13.2 Å². The van der Waals surface area contributed by atoms with Gasteiger partial charge in [0.05, 0.1) is 7.11 Å². The summed E-state index contributed by atoms with van der Waals surface area (Å²) < 4.78 is 18.3. The normalized spacial score (nSPS) is 10.7. The lowest BCUT2D eigenvalue weighted by Crippen LogP contribution is -2.03. The number of anilines is 2. The summed E-state index contributed by atoms with van der Waals surface area (Å²) in [6.07, 6.45) is 0. The molecule has 0 spiro atoms. The lowest BCUT2D eigenvalue weighted by atomic mass is 10.2. The summed E-state index contributed by atoms with van der Waals surface area (Å²) in [5.74, 6) is 1.53. The third-order valence-corrected chi connectivity index (χ3v) is 2.81. The van der Waals surface area contributed by atoms with Crippen LogP contribution in [0.1, 0.15) is 31.3 Å². The SMILES string of the molecule is COc1cc(Nc2cc(C)nc(C(C)C)n2)ccc1F. The lowest BCUT2D eigenvalue weighted by Gasteiger charge is -2.11. The van der Waals surface area contributed by atoms with Crippen LogP contribution in [0.25, 0.3) is 0 Å². The average molecular weight is 275 g/mol. The Labute approximate surface area is 118 Å². The molecule has 0 bridgehead atoms. The molecule has 0 atom stereocenters. The van der Waals surface area contributed by atoms with Gasteiger partial charge in [-0.25, -0.2) is 14.4 Å². The number of halogens is 1. The summed E-state index contributed by atoms with van der Waals surface area (Å²) in [6, 6.07) is 6.45. The Balaban J connectivity index is 2.30. The second-order valence-electron chi connectivity index (χ2n) is 4.88. The van der Waals surface area contributed by atoms with Gasteiger partial charge in [0.25, 0.3) is 0 Å². The fraction of sp³-hybridized carbons (Fsp3) is 0.333. The predicted molar refractivity (Wildman–Crippen MR) is 77.1 cm³/mol. The number of rotatable bonds is 4. The van der Waals surface area contributed by atoms with Crippen LogP contribution in [0.15, 0.2) is 24.3 Å². The Hall–Kier alpha value is -2.17. The number of hydrogen-bond donors (Lipinski definition) is 1. The number of hydrogen-bond acceptors (Lipinski definition) is 4. The van der Waals surface area contributed by atoms with Gasteiger partial charge in [0.1, 0.15) is 11.6 Å². The Morgan fingerprint density at radius 1 is 1.20 bits per heavy atom. The predicted octanol–water partition coefficient (Wildman–Crippen LogP) is 3.80. The zero-order chi connectivity index (χ0) is 14.7. The van der Waals surface area contributed by atoms with Crippen LogP contribution in [-0.4, -0.2) is 17.1 Å². The molecule has 0 aliphatic rings. The van der Waals surface area contributed by atoms with E-state index in [0.29, 0.717) is 5.82 Å². The van der Waals surface area contributed by atoms with E-state index in [1.807, 2.05) is 26.8 Å². The van der Waals surface area contributed by atoms with Crippen molar-refractivity contribution in [1.82, 2.24) is 9.97 Å². The number of aryl methyl sites for hydroxylation is 1. The maximum absolute atomic E-state index is 13.4. The molecule has 0 unspecified atom stereocenters. The quantitative estimate of drug-likeness (QED) is 0.922. The first kappa shape index (κ1) is 14.2. The van der Waals surface area contributed by atoms with Gasteiger partial charge in [-0.3, -0.25) is 0 Å². The molecule has 0 amide bonds. The zero-order valence-electron chi connectivity index (χ0n) is 12.1. The summed E-state index contributed by atoms with van der Waals surface area (Å²) in [5, 5.41) is 3.14. The van der Waals surface area contributed by atoms with Crippen molar-refractivity contribution < 1.29 is 9.13 Å². The molecule has 1 aromatic carbocycles. The average Bonchev–Trinajstić information content (AvgIpc) is 2.40. The molecule has 1 heterocycles. The third-order valence-electron chi connectivity index (χ3n) is 2.81. The molecule has 2 rings (SSSR count). The molecule has 0 aliphatic carbocycles. The van der Waals surface area contributed by atoms with Crippen molar-refractivity contribution in [2.24, 2.45) is 0 Å². The first-order valence-electron chi connectivity index (χ1n) is 6.45. The summed E-state index contributed by atoms with van der Waals surface area (Å²) in [7, 11) is 1.44. The molecule has 1 aromatic heterocycles. The van der Waals surface area contributed by atoms with Crippen molar-refractivity contribution in [3.63, 3.8) is 0 Å². The maximum Gasteiger partial charge on any atom is 0.165 e. The smallest absolute Gasteiger partial charge is 0.165 e. The first-order valence-corrected chi connectivity index (χ1v) is 6.45. The minimum Gasteiger partial charge on any atom is -0.494 e. The van der Waals surface area contributed by atoms with Crippen LogP contribution in [0, 0.1) is 12.7 Å². The molecule has 0 radical (unpaired) electrons. The summed E-state index contributed by atoms with van der Waals surface area (Å²) in [4.78, 5) is 8.84. The van der Waals surface area contributed by atoms with E-state index in [0.717, 1.165) is 17.2 Å². The van der Waals surface area contributed by atoms with Crippen molar-refractivity contribution in [3.05, 3.63) is 41.6 Å². The molecule has 5 heteroatoms. The molecule has 0 saturated heterocycles. The molecule has 106 valence electrons. The second kappa shape index (κ2) is 5.86. The lowest BCUT2D eigenvalue weighted by molar-refractivity contribution is 0.387. The highest BCUT2D eigenvalue weighted by Crippen LogP contribution is 2.24. The molecule has 0 saturated carbocycles. The summed E-state index contributed by atoms with van der Waals surface area (Å²) >= 11 is 0. The number of benzene rings is 1. The fourth-order valence-corrected chi connectivity index (χ4v) is 1.80. The summed E-state index contributed by atoms with van der Waals surface area (Å²) in [5.41, 5.74) is 1.61. The molecule has 2 aromatic rings. The minimum atomic E-state index is -0.389. The van der Waals surface area contributed by atoms with E-state index in [-0.39, 0.29) is 17.5 Å². The number of nitrogens with zero attached hydrogens (tertiary/aromatic N) is 2. The van der Waals surface area contributed by atoms with Gasteiger partial charge in [-0.15, -0.1) is 0 Å². The van der Waals surface area contributed by atoms with Gasteiger partial charge < -0.3 is 10.1 Å². The molecule has 0 fully saturated rings. The largest absolute Gasteiger partial charge is 0.494 e. The molecular formula is C15H18FN3O. The monoisotopic (exact) mass is 275 g/mol. The Bertz CT molecular complexity index is 614. The Morgan fingerprint density at radius 2 is 1.95 bits per heavy atom. The molecule has 1 N–H and O–H groups in total. The van der Waals surface area contributed by atoms with Gasteiger partial charge in [0.15, 0.2) is 11.6 Å². The van der Waals surface area contributed by atoms with Gasteiger partial charge in [0.2, 0.25) is 0 Å². The van der Waals surface area contributed by atoms with Gasteiger partial charge in [0, 0.05) is 29.4 Å².